The van der Waals surface area contributed by atoms with Gasteiger partial charge in [-0.2, -0.15) is 0 Å². The summed E-state index contributed by atoms with van der Waals surface area (Å²) in [5.41, 5.74) is 1.22. The molecule has 0 aromatic heterocycles. The Labute approximate surface area is 166 Å². The van der Waals surface area contributed by atoms with Gasteiger partial charge in [-0.05, 0) is 49.4 Å². The van der Waals surface area contributed by atoms with E-state index >= 15 is 0 Å². The predicted octanol–water partition coefficient (Wildman–Crippen LogP) is 4.26. The van der Waals surface area contributed by atoms with Crippen LogP contribution in [0.2, 0.25) is 5.02 Å². The van der Waals surface area contributed by atoms with Crippen LogP contribution in [0.4, 0.5) is 11.4 Å². The number of anilines is 2. The summed E-state index contributed by atoms with van der Waals surface area (Å²) in [6.07, 6.45) is -0.311. The standard InChI is InChI=1S/C19H19ClN2O4S/c1-12(19(26)22-14-7-5-13(20)6-8-14)27-16-4-2-3-15(11-16)21-17(23)9-10-18(24)25/h2-8,11-12H,9-10H2,1H3,(H,21,23)(H,22,26)(H,24,25). The molecule has 6 nitrogen and oxygen atoms in total. The molecular formula is C19H19ClN2O4S. The summed E-state index contributed by atoms with van der Waals surface area (Å²) in [5.74, 6) is -1.54. The molecule has 2 aromatic rings. The second-order valence-corrected chi connectivity index (χ2v) is 7.58. The third-order valence-electron chi connectivity index (χ3n) is 3.48. The summed E-state index contributed by atoms with van der Waals surface area (Å²) in [7, 11) is 0. The fourth-order valence-corrected chi connectivity index (χ4v) is 3.18. The number of hydrogen-bond acceptors (Lipinski definition) is 4. The van der Waals surface area contributed by atoms with Crippen molar-refractivity contribution in [1.82, 2.24) is 0 Å². The maximum Gasteiger partial charge on any atom is 0.303 e. The van der Waals surface area contributed by atoms with Crippen molar-refractivity contribution in [2.75, 3.05) is 10.6 Å². The van der Waals surface area contributed by atoms with Gasteiger partial charge in [0.15, 0.2) is 0 Å². The van der Waals surface area contributed by atoms with E-state index in [1.165, 1.54) is 11.8 Å². The Morgan fingerprint density at radius 3 is 2.41 bits per heavy atom. The number of benzene rings is 2. The fraction of sp³-hybridized carbons (Fsp3) is 0.211. The van der Waals surface area contributed by atoms with Crippen LogP contribution in [0, 0.1) is 0 Å². The molecule has 0 spiro atoms. The number of carbonyl (C=O) groups excluding carboxylic acids is 2. The molecule has 0 aliphatic heterocycles. The van der Waals surface area contributed by atoms with Crippen LogP contribution in [0.15, 0.2) is 53.4 Å². The zero-order valence-corrected chi connectivity index (χ0v) is 16.1. The topological polar surface area (TPSA) is 95.5 Å². The van der Waals surface area contributed by atoms with Gasteiger partial charge in [0.1, 0.15) is 0 Å². The van der Waals surface area contributed by atoms with Gasteiger partial charge in [0.25, 0.3) is 0 Å². The lowest BCUT2D eigenvalue weighted by molar-refractivity contribution is -0.138. The predicted molar refractivity (Wildman–Crippen MR) is 107 cm³/mol. The largest absolute Gasteiger partial charge is 0.481 e. The number of hydrogen-bond donors (Lipinski definition) is 3. The van der Waals surface area contributed by atoms with Crippen LogP contribution in [0.3, 0.4) is 0 Å². The summed E-state index contributed by atoms with van der Waals surface area (Å²) in [6.45, 7) is 1.79. The van der Waals surface area contributed by atoms with Gasteiger partial charge in [-0.1, -0.05) is 17.7 Å². The number of carboxylic acids is 1. The Balaban J connectivity index is 1.92. The first-order valence-corrected chi connectivity index (χ1v) is 9.44. The highest BCUT2D eigenvalue weighted by atomic mass is 35.5. The number of aliphatic carboxylic acids is 1. The third kappa shape index (κ3) is 7.32. The van der Waals surface area contributed by atoms with Gasteiger partial charge in [0.05, 0.1) is 11.7 Å². The minimum Gasteiger partial charge on any atom is -0.481 e. The normalized spacial score (nSPS) is 11.5. The first kappa shape index (κ1) is 20.8. The molecular weight excluding hydrogens is 388 g/mol. The first-order valence-electron chi connectivity index (χ1n) is 8.18. The Hall–Kier alpha value is -2.51. The van der Waals surface area contributed by atoms with Gasteiger partial charge < -0.3 is 15.7 Å². The lowest BCUT2D eigenvalue weighted by Gasteiger charge is -2.13. The Bertz CT molecular complexity index is 827. The van der Waals surface area contributed by atoms with Crippen molar-refractivity contribution in [3.05, 3.63) is 53.6 Å². The van der Waals surface area contributed by atoms with Crippen molar-refractivity contribution in [2.24, 2.45) is 0 Å². The van der Waals surface area contributed by atoms with Crippen molar-refractivity contribution in [2.45, 2.75) is 29.9 Å². The minimum absolute atomic E-state index is 0.0907. The number of amides is 2. The van der Waals surface area contributed by atoms with Gasteiger partial charge in [-0.25, -0.2) is 0 Å². The van der Waals surface area contributed by atoms with Crippen LogP contribution in [-0.2, 0) is 14.4 Å². The van der Waals surface area contributed by atoms with Gasteiger partial charge in [0, 0.05) is 27.7 Å². The van der Waals surface area contributed by atoms with E-state index in [0.717, 1.165) is 4.90 Å². The second-order valence-electron chi connectivity index (χ2n) is 5.73. The fourth-order valence-electron chi connectivity index (χ4n) is 2.13. The van der Waals surface area contributed by atoms with Crippen LogP contribution in [0.5, 0.6) is 0 Å². The van der Waals surface area contributed by atoms with Crippen molar-refractivity contribution in [1.29, 1.82) is 0 Å². The molecule has 8 heteroatoms. The summed E-state index contributed by atoms with van der Waals surface area (Å²) in [5, 5.41) is 14.3. The SMILES string of the molecule is CC(Sc1cccc(NC(=O)CCC(=O)O)c1)C(=O)Nc1ccc(Cl)cc1. The van der Waals surface area contributed by atoms with E-state index in [1.54, 1.807) is 49.4 Å². The highest BCUT2D eigenvalue weighted by molar-refractivity contribution is 8.00. The maximum atomic E-state index is 12.3. The van der Waals surface area contributed by atoms with Gasteiger partial charge in [-0.15, -0.1) is 11.8 Å². The van der Waals surface area contributed by atoms with E-state index in [1.807, 2.05) is 6.07 Å². The molecule has 0 saturated heterocycles. The van der Waals surface area contributed by atoms with Crippen LogP contribution in [0.25, 0.3) is 0 Å². The van der Waals surface area contributed by atoms with Gasteiger partial charge in [-0.3, -0.25) is 14.4 Å². The minimum atomic E-state index is -1.02. The quantitative estimate of drug-likeness (QED) is 0.569. The number of nitrogens with one attached hydrogen (secondary N) is 2. The molecule has 0 aliphatic rings. The average Bonchev–Trinajstić information content (AvgIpc) is 2.62. The molecule has 2 rings (SSSR count). The molecule has 27 heavy (non-hydrogen) atoms. The van der Waals surface area contributed by atoms with E-state index in [2.05, 4.69) is 10.6 Å². The Kier molecular flexibility index (Phi) is 7.69. The smallest absolute Gasteiger partial charge is 0.303 e. The average molecular weight is 407 g/mol. The zero-order valence-electron chi connectivity index (χ0n) is 14.6. The molecule has 0 heterocycles. The maximum absolute atomic E-state index is 12.3. The Morgan fingerprint density at radius 2 is 1.74 bits per heavy atom. The molecule has 0 aliphatic carbocycles. The molecule has 2 amide bonds. The number of carboxylic acid groups (broad SMARTS) is 1. The molecule has 1 unspecified atom stereocenters. The van der Waals surface area contributed by atoms with Gasteiger partial charge in [0.2, 0.25) is 11.8 Å². The van der Waals surface area contributed by atoms with Crippen LogP contribution >= 0.6 is 23.4 Å². The third-order valence-corrected chi connectivity index (χ3v) is 4.82. The second kappa shape index (κ2) is 9.99. The number of carbonyl (C=O) groups is 3. The monoisotopic (exact) mass is 406 g/mol. The molecule has 0 saturated carbocycles. The zero-order chi connectivity index (χ0) is 19.8. The molecule has 2 aromatic carbocycles. The van der Waals surface area contributed by atoms with E-state index in [-0.39, 0.29) is 29.9 Å². The summed E-state index contributed by atoms with van der Waals surface area (Å²) in [6, 6.07) is 13.9. The molecule has 142 valence electrons. The summed E-state index contributed by atoms with van der Waals surface area (Å²) >= 11 is 7.18. The van der Waals surface area contributed by atoms with E-state index in [9.17, 15) is 14.4 Å². The number of thioether (sulfide) groups is 1. The van der Waals surface area contributed by atoms with Crippen molar-refractivity contribution < 1.29 is 19.5 Å². The molecule has 0 fully saturated rings. The first-order chi connectivity index (χ1) is 12.8. The van der Waals surface area contributed by atoms with E-state index in [0.29, 0.717) is 16.4 Å². The van der Waals surface area contributed by atoms with Crippen LogP contribution in [-0.4, -0.2) is 28.1 Å². The van der Waals surface area contributed by atoms with Crippen LogP contribution in [0.1, 0.15) is 19.8 Å². The Morgan fingerprint density at radius 1 is 1.04 bits per heavy atom. The number of rotatable bonds is 8. The highest BCUT2D eigenvalue weighted by Crippen LogP contribution is 2.27. The van der Waals surface area contributed by atoms with E-state index in [4.69, 9.17) is 16.7 Å². The van der Waals surface area contributed by atoms with Crippen molar-refractivity contribution in [3.8, 4) is 0 Å². The number of halogens is 1. The molecule has 0 bridgehead atoms. The van der Waals surface area contributed by atoms with E-state index < -0.39 is 5.97 Å². The molecule has 3 N–H and O–H groups in total. The van der Waals surface area contributed by atoms with Crippen molar-refractivity contribution >= 4 is 52.5 Å². The molecule has 1 atom stereocenters. The van der Waals surface area contributed by atoms with Crippen LogP contribution < -0.4 is 10.6 Å². The lowest BCUT2D eigenvalue weighted by Crippen LogP contribution is -2.22. The highest BCUT2D eigenvalue weighted by Gasteiger charge is 2.15. The summed E-state index contributed by atoms with van der Waals surface area (Å²) in [4.78, 5) is 35.4. The lowest BCUT2D eigenvalue weighted by atomic mass is 10.2. The van der Waals surface area contributed by atoms with Crippen molar-refractivity contribution in [3.63, 3.8) is 0 Å². The summed E-state index contributed by atoms with van der Waals surface area (Å²) < 4.78 is 0. The molecule has 0 radical (unpaired) electrons. The van der Waals surface area contributed by atoms with Gasteiger partial charge >= 0.3 is 5.97 Å².